The van der Waals surface area contributed by atoms with E-state index >= 15 is 0 Å². The molecule has 1 aliphatic carbocycles. The standard InChI is InChI=1S/C15H30/c1-6-14(11(2)3)9-13-7-8-15(10-13)12(4)5/h11-15H,6-10H2,1-5H3. The molecule has 0 radical (unpaired) electrons. The summed E-state index contributed by atoms with van der Waals surface area (Å²) in [6, 6.07) is 0. The molecule has 0 N–H and O–H groups in total. The van der Waals surface area contributed by atoms with Gasteiger partial charge in [0.2, 0.25) is 0 Å². The van der Waals surface area contributed by atoms with E-state index < -0.39 is 0 Å². The van der Waals surface area contributed by atoms with Gasteiger partial charge < -0.3 is 0 Å². The third-order valence-corrected chi connectivity index (χ3v) is 4.63. The Labute approximate surface area is 96.8 Å². The molecule has 0 amide bonds. The van der Waals surface area contributed by atoms with Crippen LogP contribution in [0, 0.1) is 29.6 Å². The highest BCUT2D eigenvalue weighted by atomic mass is 14.3. The molecule has 0 aliphatic heterocycles. The average Bonchev–Trinajstić information content (AvgIpc) is 2.61. The third kappa shape index (κ3) is 3.81. The smallest absolute Gasteiger partial charge is 0.0388 e. The van der Waals surface area contributed by atoms with E-state index in [9.17, 15) is 0 Å². The van der Waals surface area contributed by atoms with Crippen LogP contribution in [-0.4, -0.2) is 0 Å². The van der Waals surface area contributed by atoms with Crippen LogP contribution in [0.5, 0.6) is 0 Å². The fourth-order valence-corrected chi connectivity index (χ4v) is 3.27. The molecule has 1 fully saturated rings. The molecule has 3 unspecified atom stereocenters. The summed E-state index contributed by atoms with van der Waals surface area (Å²) in [7, 11) is 0. The first-order valence-electron chi connectivity index (χ1n) is 7.04. The first-order chi connectivity index (χ1) is 7.04. The summed E-state index contributed by atoms with van der Waals surface area (Å²) in [4.78, 5) is 0. The molecule has 0 aromatic heterocycles. The molecule has 0 bridgehead atoms. The molecule has 0 aromatic rings. The van der Waals surface area contributed by atoms with E-state index in [2.05, 4.69) is 34.6 Å². The van der Waals surface area contributed by atoms with Gasteiger partial charge in [-0.05, 0) is 48.9 Å². The maximum absolute atomic E-state index is 2.40. The largest absolute Gasteiger partial charge is 0.0651 e. The predicted molar refractivity (Wildman–Crippen MR) is 68.9 cm³/mol. The van der Waals surface area contributed by atoms with Crippen molar-refractivity contribution >= 4 is 0 Å². The average molecular weight is 210 g/mol. The zero-order valence-electron chi connectivity index (χ0n) is 11.4. The van der Waals surface area contributed by atoms with Crippen LogP contribution >= 0.6 is 0 Å². The molecule has 1 aliphatic rings. The zero-order valence-corrected chi connectivity index (χ0v) is 11.4. The van der Waals surface area contributed by atoms with Crippen molar-refractivity contribution < 1.29 is 0 Å². The zero-order chi connectivity index (χ0) is 11.4. The molecule has 1 saturated carbocycles. The van der Waals surface area contributed by atoms with Gasteiger partial charge in [-0.15, -0.1) is 0 Å². The van der Waals surface area contributed by atoms with E-state index in [-0.39, 0.29) is 0 Å². The van der Waals surface area contributed by atoms with Crippen molar-refractivity contribution in [1.82, 2.24) is 0 Å². The van der Waals surface area contributed by atoms with Crippen LogP contribution in [-0.2, 0) is 0 Å². The normalized spacial score (nSPS) is 29.0. The molecule has 1 rings (SSSR count). The Morgan fingerprint density at radius 1 is 1.07 bits per heavy atom. The van der Waals surface area contributed by atoms with Crippen molar-refractivity contribution in [2.24, 2.45) is 29.6 Å². The molecular formula is C15H30. The lowest BCUT2D eigenvalue weighted by atomic mass is 9.83. The number of rotatable bonds is 5. The van der Waals surface area contributed by atoms with Gasteiger partial charge in [0.15, 0.2) is 0 Å². The molecule has 0 aromatic carbocycles. The van der Waals surface area contributed by atoms with Crippen molar-refractivity contribution in [3.63, 3.8) is 0 Å². The van der Waals surface area contributed by atoms with Crippen LogP contribution in [0.1, 0.15) is 66.7 Å². The van der Waals surface area contributed by atoms with Gasteiger partial charge >= 0.3 is 0 Å². The van der Waals surface area contributed by atoms with Gasteiger partial charge in [0.1, 0.15) is 0 Å². The van der Waals surface area contributed by atoms with Crippen molar-refractivity contribution in [1.29, 1.82) is 0 Å². The van der Waals surface area contributed by atoms with Crippen molar-refractivity contribution in [2.45, 2.75) is 66.7 Å². The summed E-state index contributed by atoms with van der Waals surface area (Å²) < 4.78 is 0. The molecule has 0 saturated heterocycles. The predicted octanol–water partition coefficient (Wildman–Crippen LogP) is 5.13. The molecule has 0 nitrogen and oxygen atoms in total. The highest BCUT2D eigenvalue weighted by Crippen LogP contribution is 2.40. The number of hydrogen-bond acceptors (Lipinski definition) is 0. The van der Waals surface area contributed by atoms with Gasteiger partial charge in [0.25, 0.3) is 0 Å². The van der Waals surface area contributed by atoms with E-state index in [1.54, 1.807) is 0 Å². The first-order valence-corrected chi connectivity index (χ1v) is 7.04. The summed E-state index contributed by atoms with van der Waals surface area (Å²) in [6.45, 7) is 11.9. The van der Waals surface area contributed by atoms with Crippen LogP contribution in [0.15, 0.2) is 0 Å². The first kappa shape index (κ1) is 13.1. The summed E-state index contributed by atoms with van der Waals surface area (Å²) in [5.41, 5.74) is 0. The Bertz CT molecular complexity index is 169. The second kappa shape index (κ2) is 5.92. The van der Waals surface area contributed by atoms with Gasteiger partial charge in [-0.3, -0.25) is 0 Å². The molecular weight excluding hydrogens is 180 g/mol. The van der Waals surface area contributed by atoms with Gasteiger partial charge in [0.05, 0.1) is 0 Å². The van der Waals surface area contributed by atoms with Gasteiger partial charge in [-0.25, -0.2) is 0 Å². The van der Waals surface area contributed by atoms with E-state index in [0.29, 0.717) is 0 Å². The molecule has 15 heavy (non-hydrogen) atoms. The van der Waals surface area contributed by atoms with E-state index in [4.69, 9.17) is 0 Å². The third-order valence-electron chi connectivity index (χ3n) is 4.63. The second-order valence-corrected chi connectivity index (χ2v) is 6.33. The summed E-state index contributed by atoms with van der Waals surface area (Å²) >= 11 is 0. The lowest BCUT2D eigenvalue weighted by Crippen LogP contribution is -2.12. The van der Waals surface area contributed by atoms with Gasteiger partial charge in [-0.2, -0.15) is 0 Å². The highest BCUT2D eigenvalue weighted by Gasteiger charge is 2.28. The van der Waals surface area contributed by atoms with Crippen LogP contribution in [0.3, 0.4) is 0 Å². The van der Waals surface area contributed by atoms with Crippen LogP contribution < -0.4 is 0 Å². The monoisotopic (exact) mass is 210 g/mol. The lowest BCUT2D eigenvalue weighted by molar-refractivity contribution is 0.279. The maximum Gasteiger partial charge on any atom is -0.0388 e. The number of hydrogen-bond donors (Lipinski definition) is 0. The minimum Gasteiger partial charge on any atom is -0.0651 e. The van der Waals surface area contributed by atoms with E-state index in [0.717, 1.165) is 29.6 Å². The summed E-state index contributed by atoms with van der Waals surface area (Å²) in [5, 5.41) is 0. The topological polar surface area (TPSA) is 0 Å². The summed E-state index contributed by atoms with van der Waals surface area (Å²) in [5.74, 6) is 4.84. The Balaban J connectivity index is 2.34. The summed E-state index contributed by atoms with van der Waals surface area (Å²) in [6.07, 6.45) is 7.39. The van der Waals surface area contributed by atoms with Crippen molar-refractivity contribution in [3.8, 4) is 0 Å². The molecule has 3 atom stereocenters. The Kier molecular flexibility index (Phi) is 5.15. The lowest BCUT2D eigenvalue weighted by Gasteiger charge is -2.23. The Morgan fingerprint density at radius 2 is 1.73 bits per heavy atom. The highest BCUT2D eigenvalue weighted by molar-refractivity contribution is 4.79. The van der Waals surface area contributed by atoms with Crippen molar-refractivity contribution in [2.75, 3.05) is 0 Å². The molecule has 0 spiro atoms. The van der Waals surface area contributed by atoms with E-state index in [1.165, 1.54) is 32.1 Å². The van der Waals surface area contributed by atoms with Crippen LogP contribution in [0.4, 0.5) is 0 Å². The van der Waals surface area contributed by atoms with Crippen LogP contribution in [0.2, 0.25) is 0 Å². The molecule has 90 valence electrons. The minimum atomic E-state index is 0.882. The Hall–Kier alpha value is 0. The Morgan fingerprint density at radius 3 is 2.13 bits per heavy atom. The van der Waals surface area contributed by atoms with Gasteiger partial charge in [0, 0.05) is 0 Å². The van der Waals surface area contributed by atoms with E-state index in [1.807, 2.05) is 0 Å². The fourth-order valence-electron chi connectivity index (χ4n) is 3.27. The minimum absolute atomic E-state index is 0.882. The van der Waals surface area contributed by atoms with Crippen LogP contribution in [0.25, 0.3) is 0 Å². The fraction of sp³-hybridized carbons (Fsp3) is 1.00. The quantitative estimate of drug-likeness (QED) is 0.590. The molecule has 0 heteroatoms. The second-order valence-electron chi connectivity index (χ2n) is 6.33. The van der Waals surface area contributed by atoms with Gasteiger partial charge in [-0.1, -0.05) is 47.5 Å². The van der Waals surface area contributed by atoms with Crippen molar-refractivity contribution in [3.05, 3.63) is 0 Å². The maximum atomic E-state index is 2.40. The molecule has 0 heterocycles. The SMILES string of the molecule is CCC(CC1CCC(C(C)C)C1)C(C)C.